The summed E-state index contributed by atoms with van der Waals surface area (Å²) < 4.78 is 0.835. The van der Waals surface area contributed by atoms with E-state index in [1.54, 1.807) is 12.3 Å². The molecular weight excluding hydrogens is 289 g/mol. The zero-order valence-electron chi connectivity index (χ0n) is 8.24. The Kier molecular flexibility index (Phi) is 3.31. The number of rotatable bonds is 2. The van der Waals surface area contributed by atoms with Gasteiger partial charge in [-0.05, 0) is 46.3 Å². The second-order valence-corrected chi connectivity index (χ2v) is 4.45. The summed E-state index contributed by atoms with van der Waals surface area (Å²) in [7, 11) is 0. The van der Waals surface area contributed by atoms with Crippen LogP contribution in [0.4, 0.5) is 17.2 Å². The van der Waals surface area contributed by atoms with Crippen LogP contribution in [0, 0.1) is 0 Å². The first kappa shape index (κ1) is 11.2. The maximum absolute atomic E-state index is 5.90. The van der Waals surface area contributed by atoms with Crippen LogP contribution in [0.5, 0.6) is 0 Å². The molecule has 3 N–H and O–H groups in total. The van der Waals surface area contributed by atoms with E-state index >= 15 is 0 Å². The molecule has 0 unspecified atom stereocenters. The molecule has 82 valence electrons. The number of nitrogen functional groups attached to an aromatic ring is 1. The van der Waals surface area contributed by atoms with Crippen molar-refractivity contribution in [2.75, 3.05) is 11.1 Å². The number of nitrogens with one attached hydrogen (secondary N) is 1. The monoisotopic (exact) mass is 297 g/mol. The fraction of sp³-hybridized carbons (Fsp3) is 0. The van der Waals surface area contributed by atoms with Crippen LogP contribution in [0.3, 0.4) is 0 Å². The molecular formula is C11H9BrClN3. The van der Waals surface area contributed by atoms with Crippen molar-refractivity contribution in [3.05, 3.63) is 46.0 Å². The first-order valence-electron chi connectivity index (χ1n) is 4.59. The predicted octanol–water partition coefficient (Wildman–Crippen LogP) is 3.82. The van der Waals surface area contributed by atoms with Gasteiger partial charge in [0.25, 0.3) is 0 Å². The van der Waals surface area contributed by atoms with Crippen LogP contribution in [-0.4, -0.2) is 4.98 Å². The van der Waals surface area contributed by atoms with Crippen molar-refractivity contribution >= 4 is 44.7 Å². The van der Waals surface area contributed by atoms with Crippen molar-refractivity contribution < 1.29 is 0 Å². The summed E-state index contributed by atoms with van der Waals surface area (Å²) in [5.74, 6) is 0.466. The minimum atomic E-state index is 0.466. The predicted molar refractivity (Wildman–Crippen MR) is 71.1 cm³/mol. The van der Waals surface area contributed by atoms with E-state index in [9.17, 15) is 0 Å². The molecule has 0 fully saturated rings. The quantitative estimate of drug-likeness (QED) is 0.886. The standard InChI is InChI=1S/C11H9BrClN3/c12-8-6-7(3-4-9(8)13)16-10-2-1-5-15-11(10)14/h1-6,16H,(H2,14,15). The lowest BCUT2D eigenvalue weighted by Crippen LogP contribution is -1.97. The van der Waals surface area contributed by atoms with Gasteiger partial charge < -0.3 is 11.1 Å². The summed E-state index contributed by atoms with van der Waals surface area (Å²) >= 11 is 9.26. The molecule has 1 aromatic carbocycles. The molecule has 0 atom stereocenters. The third-order valence-electron chi connectivity index (χ3n) is 2.04. The minimum Gasteiger partial charge on any atom is -0.382 e. The number of halogens is 2. The Bertz CT molecular complexity index is 516. The molecule has 2 aromatic rings. The summed E-state index contributed by atoms with van der Waals surface area (Å²) in [6, 6.07) is 9.25. The second kappa shape index (κ2) is 4.72. The number of pyridine rings is 1. The molecule has 16 heavy (non-hydrogen) atoms. The minimum absolute atomic E-state index is 0.466. The number of hydrogen-bond acceptors (Lipinski definition) is 3. The van der Waals surface area contributed by atoms with Gasteiger partial charge in [0, 0.05) is 16.4 Å². The van der Waals surface area contributed by atoms with Crippen LogP contribution in [0.2, 0.25) is 5.02 Å². The van der Waals surface area contributed by atoms with E-state index in [1.165, 1.54) is 0 Å². The Balaban J connectivity index is 2.28. The number of nitrogens with two attached hydrogens (primary N) is 1. The Morgan fingerprint density at radius 1 is 1.31 bits per heavy atom. The van der Waals surface area contributed by atoms with Gasteiger partial charge in [0.1, 0.15) is 5.82 Å². The van der Waals surface area contributed by atoms with Crippen molar-refractivity contribution in [2.24, 2.45) is 0 Å². The Morgan fingerprint density at radius 2 is 2.12 bits per heavy atom. The van der Waals surface area contributed by atoms with Crippen LogP contribution in [-0.2, 0) is 0 Å². The van der Waals surface area contributed by atoms with Gasteiger partial charge in [-0.15, -0.1) is 0 Å². The highest BCUT2D eigenvalue weighted by Gasteiger charge is 2.02. The summed E-state index contributed by atoms with van der Waals surface area (Å²) in [5.41, 5.74) is 7.40. The molecule has 1 heterocycles. The molecule has 0 radical (unpaired) electrons. The van der Waals surface area contributed by atoms with Gasteiger partial charge in [-0.1, -0.05) is 11.6 Å². The fourth-order valence-corrected chi connectivity index (χ4v) is 1.75. The van der Waals surface area contributed by atoms with Crippen molar-refractivity contribution in [3.63, 3.8) is 0 Å². The normalized spacial score (nSPS) is 10.1. The molecule has 0 aliphatic heterocycles. The van der Waals surface area contributed by atoms with Crippen LogP contribution in [0.25, 0.3) is 0 Å². The van der Waals surface area contributed by atoms with Crippen molar-refractivity contribution in [1.29, 1.82) is 0 Å². The molecule has 0 aliphatic rings. The summed E-state index contributed by atoms with van der Waals surface area (Å²) in [6.45, 7) is 0. The van der Waals surface area contributed by atoms with E-state index in [4.69, 9.17) is 17.3 Å². The largest absolute Gasteiger partial charge is 0.382 e. The zero-order chi connectivity index (χ0) is 11.5. The molecule has 0 aliphatic carbocycles. The summed E-state index contributed by atoms with van der Waals surface area (Å²) in [5, 5.41) is 3.84. The van der Waals surface area contributed by atoms with Gasteiger partial charge in [0.05, 0.1) is 10.7 Å². The Labute approximate surface area is 107 Å². The average molecular weight is 299 g/mol. The van der Waals surface area contributed by atoms with Gasteiger partial charge >= 0.3 is 0 Å². The third kappa shape index (κ3) is 2.46. The van der Waals surface area contributed by atoms with Crippen molar-refractivity contribution in [1.82, 2.24) is 4.98 Å². The number of aromatic nitrogens is 1. The molecule has 0 saturated heterocycles. The molecule has 3 nitrogen and oxygen atoms in total. The molecule has 0 saturated carbocycles. The highest BCUT2D eigenvalue weighted by molar-refractivity contribution is 9.10. The average Bonchev–Trinajstić information content (AvgIpc) is 2.27. The maximum Gasteiger partial charge on any atom is 0.147 e. The second-order valence-electron chi connectivity index (χ2n) is 3.19. The summed E-state index contributed by atoms with van der Waals surface area (Å²) in [6.07, 6.45) is 1.65. The zero-order valence-corrected chi connectivity index (χ0v) is 10.6. The van der Waals surface area contributed by atoms with E-state index in [-0.39, 0.29) is 0 Å². The van der Waals surface area contributed by atoms with Gasteiger partial charge in [0.15, 0.2) is 0 Å². The maximum atomic E-state index is 5.90. The van der Waals surface area contributed by atoms with E-state index < -0.39 is 0 Å². The number of hydrogen-bond donors (Lipinski definition) is 2. The number of nitrogens with zero attached hydrogens (tertiary/aromatic N) is 1. The molecule has 0 spiro atoms. The van der Waals surface area contributed by atoms with Crippen LogP contribution >= 0.6 is 27.5 Å². The van der Waals surface area contributed by atoms with Gasteiger partial charge in [0.2, 0.25) is 0 Å². The number of anilines is 3. The third-order valence-corrected chi connectivity index (χ3v) is 3.25. The fourth-order valence-electron chi connectivity index (χ4n) is 1.25. The molecule has 0 bridgehead atoms. The lowest BCUT2D eigenvalue weighted by molar-refractivity contribution is 1.33. The number of benzene rings is 1. The lowest BCUT2D eigenvalue weighted by Gasteiger charge is -2.08. The topological polar surface area (TPSA) is 50.9 Å². The van der Waals surface area contributed by atoms with E-state index in [1.807, 2.05) is 24.3 Å². The molecule has 2 rings (SSSR count). The van der Waals surface area contributed by atoms with E-state index in [0.29, 0.717) is 10.8 Å². The first-order chi connectivity index (χ1) is 7.66. The molecule has 5 heteroatoms. The molecule has 0 amide bonds. The smallest absolute Gasteiger partial charge is 0.147 e. The van der Waals surface area contributed by atoms with E-state index in [2.05, 4.69) is 26.2 Å². The van der Waals surface area contributed by atoms with Crippen LogP contribution < -0.4 is 11.1 Å². The highest BCUT2D eigenvalue weighted by Crippen LogP contribution is 2.28. The van der Waals surface area contributed by atoms with Gasteiger partial charge in [-0.2, -0.15) is 0 Å². The Morgan fingerprint density at radius 3 is 2.81 bits per heavy atom. The first-order valence-corrected chi connectivity index (χ1v) is 5.76. The SMILES string of the molecule is Nc1ncccc1Nc1ccc(Cl)c(Br)c1. The van der Waals surface area contributed by atoms with Crippen molar-refractivity contribution in [2.45, 2.75) is 0 Å². The highest BCUT2D eigenvalue weighted by atomic mass is 79.9. The van der Waals surface area contributed by atoms with Crippen LogP contribution in [0.1, 0.15) is 0 Å². The van der Waals surface area contributed by atoms with E-state index in [0.717, 1.165) is 15.8 Å². The van der Waals surface area contributed by atoms with Crippen LogP contribution in [0.15, 0.2) is 41.0 Å². The van der Waals surface area contributed by atoms with Gasteiger partial charge in [-0.25, -0.2) is 4.98 Å². The summed E-state index contributed by atoms with van der Waals surface area (Å²) in [4.78, 5) is 3.99. The lowest BCUT2D eigenvalue weighted by atomic mass is 10.3. The van der Waals surface area contributed by atoms with Crippen molar-refractivity contribution in [3.8, 4) is 0 Å². The Hall–Kier alpha value is -1.26. The molecule has 1 aromatic heterocycles. The van der Waals surface area contributed by atoms with Gasteiger partial charge in [-0.3, -0.25) is 0 Å².